The van der Waals surface area contributed by atoms with Gasteiger partial charge in [-0.15, -0.1) is 0 Å². The molecule has 0 aromatic heterocycles. The third-order valence-corrected chi connectivity index (χ3v) is 4.09. The van der Waals surface area contributed by atoms with Crippen LogP contribution in [0.15, 0.2) is 48.5 Å². The Labute approximate surface area is 158 Å². The average Bonchev–Trinajstić information content (AvgIpc) is 2.64. The molecule has 6 nitrogen and oxygen atoms in total. The number of hydrogen-bond acceptors (Lipinski definition) is 4. The van der Waals surface area contributed by atoms with E-state index in [1.165, 1.54) is 0 Å². The zero-order valence-corrected chi connectivity index (χ0v) is 15.6. The minimum atomic E-state index is -0.501. The van der Waals surface area contributed by atoms with Crippen LogP contribution in [0.2, 0.25) is 0 Å². The Morgan fingerprint density at radius 3 is 2.33 bits per heavy atom. The number of ether oxygens (including phenoxy) is 1. The van der Waals surface area contributed by atoms with Crippen LogP contribution in [0, 0.1) is 13.8 Å². The lowest BCUT2D eigenvalue weighted by Crippen LogP contribution is -2.21. The van der Waals surface area contributed by atoms with Gasteiger partial charge in [0.15, 0.2) is 6.61 Å². The number of aryl methyl sites for hydroxylation is 1. The Bertz CT molecular complexity index is 803. The van der Waals surface area contributed by atoms with Crippen molar-refractivity contribution < 1.29 is 19.1 Å². The van der Waals surface area contributed by atoms with E-state index in [4.69, 9.17) is 4.74 Å². The molecule has 0 spiro atoms. The van der Waals surface area contributed by atoms with E-state index >= 15 is 0 Å². The standard InChI is InChI=1S/C21H24N2O4/c1-15-8-6-11-18(16(15)2)23-20(25)14-27-21(26)13-7-12-19(24)22-17-9-4-3-5-10-17/h3-6,8-11H,7,12-14H2,1-2H3,(H,22,24)(H,23,25). The van der Waals surface area contributed by atoms with Crippen LogP contribution in [0.25, 0.3) is 0 Å². The van der Waals surface area contributed by atoms with Crippen LogP contribution in [0.5, 0.6) is 0 Å². The van der Waals surface area contributed by atoms with Gasteiger partial charge in [0.1, 0.15) is 0 Å². The molecule has 6 heteroatoms. The van der Waals surface area contributed by atoms with Crippen molar-refractivity contribution in [1.29, 1.82) is 0 Å². The summed E-state index contributed by atoms with van der Waals surface area (Å²) in [7, 11) is 0. The number of carbonyl (C=O) groups is 3. The van der Waals surface area contributed by atoms with Crippen molar-refractivity contribution in [2.24, 2.45) is 0 Å². The Kier molecular flexibility index (Phi) is 7.55. The van der Waals surface area contributed by atoms with Crippen LogP contribution in [0.1, 0.15) is 30.4 Å². The first-order valence-corrected chi connectivity index (χ1v) is 8.82. The average molecular weight is 368 g/mol. The van der Waals surface area contributed by atoms with Crippen molar-refractivity contribution >= 4 is 29.2 Å². The second-order valence-electron chi connectivity index (χ2n) is 6.22. The molecule has 0 fully saturated rings. The first kappa shape index (κ1) is 20.2. The highest BCUT2D eigenvalue weighted by Gasteiger charge is 2.11. The Morgan fingerprint density at radius 2 is 1.59 bits per heavy atom. The predicted molar refractivity (Wildman–Crippen MR) is 104 cm³/mol. The van der Waals surface area contributed by atoms with Gasteiger partial charge in [-0.25, -0.2) is 0 Å². The van der Waals surface area contributed by atoms with Gasteiger partial charge < -0.3 is 15.4 Å². The number of hydrogen-bond donors (Lipinski definition) is 2. The highest BCUT2D eigenvalue weighted by atomic mass is 16.5. The number of anilines is 2. The molecule has 0 unspecified atom stereocenters. The Hall–Kier alpha value is -3.15. The number of rotatable bonds is 8. The fourth-order valence-electron chi connectivity index (χ4n) is 2.43. The number of esters is 1. The zero-order chi connectivity index (χ0) is 19.6. The first-order chi connectivity index (χ1) is 13.0. The van der Waals surface area contributed by atoms with Crippen molar-refractivity contribution in [2.75, 3.05) is 17.2 Å². The minimum absolute atomic E-state index is 0.0823. The number of amides is 2. The van der Waals surface area contributed by atoms with Crippen molar-refractivity contribution in [3.05, 3.63) is 59.7 Å². The van der Waals surface area contributed by atoms with Gasteiger partial charge in [-0.3, -0.25) is 14.4 Å². The molecule has 142 valence electrons. The molecule has 27 heavy (non-hydrogen) atoms. The summed E-state index contributed by atoms with van der Waals surface area (Å²) in [6, 6.07) is 14.7. The second kappa shape index (κ2) is 10.1. The van der Waals surface area contributed by atoms with E-state index in [0.29, 0.717) is 17.8 Å². The van der Waals surface area contributed by atoms with E-state index < -0.39 is 5.97 Å². The van der Waals surface area contributed by atoms with Crippen LogP contribution in [-0.2, 0) is 19.1 Å². The predicted octanol–water partition coefficient (Wildman–Crippen LogP) is 3.59. The fraction of sp³-hybridized carbons (Fsp3) is 0.286. The third kappa shape index (κ3) is 6.93. The molecule has 0 saturated carbocycles. The number of carbonyl (C=O) groups excluding carboxylic acids is 3. The minimum Gasteiger partial charge on any atom is -0.456 e. The van der Waals surface area contributed by atoms with Crippen LogP contribution >= 0.6 is 0 Å². The smallest absolute Gasteiger partial charge is 0.306 e. The molecule has 0 radical (unpaired) electrons. The molecule has 2 amide bonds. The van der Waals surface area contributed by atoms with E-state index in [2.05, 4.69) is 10.6 Å². The van der Waals surface area contributed by atoms with Crippen molar-refractivity contribution in [1.82, 2.24) is 0 Å². The summed E-state index contributed by atoms with van der Waals surface area (Å²) in [5, 5.41) is 5.48. The van der Waals surface area contributed by atoms with Gasteiger partial charge in [0, 0.05) is 24.2 Å². The van der Waals surface area contributed by atoms with Gasteiger partial charge in [-0.2, -0.15) is 0 Å². The van der Waals surface area contributed by atoms with Crippen molar-refractivity contribution in [3.63, 3.8) is 0 Å². The van der Waals surface area contributed by atoms with Gasteiger partial charge in [0.25, 0.3) is 5.91 Å². The summed E-state index contributed by atoms with van der Waals surface area (Å²) in [5.41, 5.74) is 3.46. The highest BCUT2D eigenvalue weighted by Crippen LogP contribution is 2.17. The number of benzene rings is 2. The Balaban J connectivity index is 1.65. The molecule has 2 rings (SSSR count). The van der Waals surface area contributed by atoms with Gasteiger partial charge >= 0.3 is 5.97 Å². The molecule has 0 heterocycles. The zero-order valence-electron chi connectivity index (χ0n) is 15.6. The second-order valence-corrected chi connectivity index (χ2v) is 6.22. The van der Waals surface area contributed by atoms with E-state index in [9.17, 15) is 14.4 Å². The lowest BCUT2D eigenvalue weighted by Gasteiger charge is -2.10. The lowest BCUT2D eigenvalue weighted by molar-refractivity contribution is -0.147. The summed E-state index contributed by atoms with van der Waals surface area (Å²) >= 11 is 0. The molecular formula is C21H24N2O4. The molecule has 0 atom stereocenters. The maximum atomic E-state index is 11.9. The van der Waals surface area contributed by atoms with Crippen LogP contribution in [-0.4, -0.2) is 24.4 Å². The third-order valence-electron chi connectivity index (χ3n) is 4.09. The number of para-hydroxylation sites is 1. The summed E-state index contributed by atoms with van der Waals surface area (Å²) in [4.78, 5) is 35.4. The quantitative estimate of drug-likeness (QED) is 0.697. The van der Waals surface area contributed by atoms with E-state index in [1.807, 2.05) is 44.2 Å². The topological polar surface area (TPSA) is 84.5 Å². The molecule has 0 saturated heterocycles. The first-order valence-electron chi connectivity index (χ1n) is 8.82. The van der Waals surface area contributed by atoms with Crippen LogP contribution in [0.4, 0.5) is 11.4 Å². The van der Waals surface area contributed by atoms with E-state index in [0.717, 1.165) is 11.1 Å². The largest absolute Gasteiger partial charge is 0.456 e. The highest BCUT2D eigenvalue weighted by molar-refractivity contribution is 5.93. The van der Waals surface area contributed by atoms with E-state index in [1.54, 1.807) is 18.2 Å². The monoisotopic (exact) mass is 368 g/mol. The van der Waals surface area contributed by atoms with E-state index in [-0.39, 0.29) is 31.3 Å². The summed E-state index contributed by atoms with van der Waals surface area (Å²) in [6.45, 7) is 3.53. The number of nitrogens with one attached hydrogen (secondary N) is 2. The summed E-state index contributed by atoms with van der Waals surface area (Å²) < 4.78 is 4.96. The van der Waals surface area contributed by atoms with Gasteiger partial charge in [0.05, 0.1) is 0 Å². The Morgan fingerprint density at radius 1 is 0.852 bits per heavy atom. The molecular weight excluding hydrogens is 344 g/mol. The SMILES string of the molecule is Cc1cccc(NC(=O)COC(=O)CCCC(=O)Nc2ccccc2)c1C. The van der Waals surface area contributed by atoms with Crippen molar-refractivity contribution in [2.45, 2.75) is 33.1 Å². The van der Waals surface area contributed by atoms with Gasteiger partial charge in [-0.1, -0.05) is 30.3 Å². The molecule has 0 bridgehead atoms. The maximum Gasteiger partial charge on any atom is 0.306 e. The van der Waals surface area contributed by atoms with Gasteiger partial charge in [0.2, 0.25) is 5.91 Å². The van der Waals surface area contributed by atoms with Gasteiger partial charge in [-0.05, 0) is 49.6 Å². The van der Waals surface area contributed by atoms with Crippen molar-refractivity contribution in [3.8, 4) is 0 Å². The molecule has 0 aliphatic carbocycles. The molecule has 2 N–H and O–H groups in total. The molecule has 2 aromatic carbocycles. The normalized spacial score (nSPS) is 10.1. The fourth-order valence-corrected chi connectivity index (χ4v) is 2.43. The maximum absolute atomic E-state index is 11.9. The summed E-state index contributed by atoms with van der Waals surface area (Å²) in [6.07, 6.45) is 0.647. The molecule has 2 aromatic rings. The van der Waals surface area contributed by atoms with Crippen LogP contribution < -0.4 is 10.6 Å². The molecule has 0 aliphatic heterocycles. The molecule has 0 aliphatic rings. The summed E-state index contributed by atoms with van der Waals surface area (Å²) in [5.74, 6) is -1.06. The lowest BCUT2D eigenvalue weighted by atomic mass is 10.1. The van der Waals surface area contributed by atoms with Crippen LogP contribution in [0.3, 0.4) is 0 Å².